The number of ether oxygens (including phenoxy) is 1. The molecule has 0 bridgehead atoms. The summed E-state index contributed by atoms with van der Waals surface area (Å²) in [6.45, 7) is 9.08. The number of hydrogen-bond acceptors (Lipinski definition) is 2. The fourth-order valence-corrected chi connectivity index (χ4v) is 3.20. The summed E-state index contributed by atoms with van der Waals surface area (Å²) in [6.07, 6.45) is 5.49. The first-order chi connectivity index (χ1) is 7.16. The van der Waals surface area contributed by atoms with Gasteiger partial charge in [0.1, 0.15) is 0 Å². The molecule has 1 aliphatic carbocycles. The van der Waals surface area contributed by atoms with Crippen LogP contribution in [0.5, 0.6) is 0 Å². The van der Waals surface area contributed by atoms with Gasteiger partial charge in [0.2, 0.25) is 0 Å². The zero-order valence-electron chi connectivity index (χ0n) is 10.4. The van der Waals surface area contributed by atoms with E-state index in [2.05, 4.69) is 26.1 Å². The van der Waals surface area contributed by atoms with Gasteiger partial charge in [-0.05, 0) is 37.5 Å². The largest absolute Gasteiger partial charge is 0.369 e. The second-order valence-electron chi connectivity index (χ2n) is 5.62. The summed E-state index contributed by atoms with van der Waals surface area (Å²) in [5.74, 6) is 1.60. The van der Waals surface area contributed by atoms with Gasteiger partial charge in [0.05, 0.1) is 11.7 Å². The Morgan fingerprint density at radius 3 is 2.87 bits per heavy atom. The van der Waals surface area contributed by atoms with Crippen LogP contribution < -0.4 is 5.32 Å². The Kier molecular flexibility index (Phi) is 3.36. The minimum absolute atomic E-state index is 0.158. The summed E-state index contributed by atoms with van der Waals surface area (Å²) >= 11 is 0. The first kappa shape index (κ1) is 11.4. The summed E-state index contributed by atoms with van der Waals surface area (Å²) in [6, 6.07) is 0. The molecule has 0 aromatic rings. The minimum atomic E-state index is 0.158. The molecule has 4 unspecified atom stereocenters. The van der Waals surface area contributed by atoms with Gasteiger partial charge < -0.3 is 10.1 Å². The molecule has 1 N–H and O–H groups in total. The lowest BCUT2D eigenvalue weighted by molar-refractivity contribution is -0.165. The van der Waals surface area contributed by atoms with E-state index in [-0.39, 0.29) is 5.60 Å². The maximum absolute atomic E-state index is 6.36. The SMILES string of the molecule is CCC1CNCC2(CCC(C)CC2C)O1. The molecular weight excluding hydrogens is 186 g/mol. The van der Waals surface area contributed by atoms with E-state index in [1.807, 2.05) is 0 Å². The lowest BCUT2D eigenvalue weighted by atomic mass is 9.71. The van der Waals surface area contributed by atoms with Crippen LogP contribution >= 0.6 is 0 Å². The van der Waals surface area contributed by atoms with Crippen molar-refractivity contribution < 1.29 is 4.74 Å². The number of hydrogen-bond donors (Lipinski definition) is 1. The van der Waals surface area contributed by atoms with Crippen molar-refractivity contribution in [1.29, 1.82) is 0 Å². The molecule has 0 amide bonds. The maximum atomic E-state index is 6.36. The summed E-state index contributed by atoms with van der Waals surface area (Å²) in [4.78, 5) is 0. The van der Waals surface area contributed by atoms with Gasteiger partial charge in [-0.25, -0.2) is 0 Å². The molecule has 2 fully saturated rings. The average molecular weight is 211 g/mol. The highest BCUT2D eigenvalue weighted by atomic mass is 16.5. The zero-order chi connectivity index (χ0) is 10.9. The molecule has 1 saturated carbocycles. The molecule has 2 heteroatoms. The smallest absolute Gasteiger partial charge is 0.0836 e. The average Bonchev–Trinajstić information content (AvgIpc) is 2.25. The van der Waals surface area contributed by atoms with Crippen molar-refractivity contribution in [2.45, 2.75) is 58.2 Å². The highest BCUT2D eigenvalue weighted by Gasteiger charge is 2.44. The first-order valence-corrected chi connectivity index (χ1v) is 6.55. The molecule has 2 aliphatic rings. The molecule has 1 spiro atoms. The topological polar surface area (TPSA) is 21.3 Å². The van der Waals surface area contributed by atoms with Gasteiger partial charge in [0, 0.05) is 13.1 Å². The third kappa shape index (κ3) is 2.21. The molecule has 4 atom stereocenters. The van der Waals surface area contributed by atoms with Crippen molar-refractivity contribution in [2.75, 3.05) is 13.1 Å². The van der Waals surface area contributed by atoms with E-state index < -0.39 is 0 Å². The van der Waals surface area contributed by atoms with E-state index in [0.29, 0.717) is 12.0 Å². The fraction of sp³-hybridized carbons (Fsp3) is 1.00. The normalized spacial score (nSPS) is 47.0. The summed E-state index contributed by atoms with van der Waals surface area (Å²) < 4.78 is 6.36. The Morgan fingerprint density at radius 1 is 1.40 bits per heavy atom. The van der Waals surface area contributed by atoms with Crippen LogP contribution in [0.25, 0.3) is 0 Å². The Morgan fingerprint density at radius 2 is 2.20 bits per heavy atom. The van der Waals surface area contributed by atoms with Crippen molar-refractivity contribution >= 4 is 0 Å². The van der Waals surface area contributed by atoms with E-state index in [4.69, 9.17) is 4.74 Å². The molecule has 88 valence electrons. The number of rotatable bonds is 1. The lowest BCUT2D eigenvalue weighted by Crippen LogP contribution is -2.58. The molecule has 2 nitrogen and oxygen atoms in total. The van der Waals surface area contributed by atoms with Gasteiger partial charge in [-0.1, -0.05) is 20.8 Å². The van der Waals surface area contributed by atoms with Crippen LogP contribution in [0.15, 0.2) is 0 Å². The van der Waals surface area contributed by atoms with E-state index in [0.717, 1.165) is 25.4 Å². The van der Waals surface area contributed by atoms with Crippen LogP contribution in [0.1, 0.15) is 46.5 Å². The van der Waals surface area contributed by atoms with Crippen molar-refractivity contribution in [2.24, 2.45) is 11.8 Å². The standard InChI is InChI=1S/C13H25NO/c1-4-12-8-14-9-13(15-12)6-5-10(2)7-11(13)3/h10-12,14H,4-9H2,1-3H3. The Hall–Kier alpha value is -0.0800. The summed E-state index contributed by atoms with van der Waals surface area (Å²) in [7, 11) is 0. The molecule has 0 aromatic carbocycles. The van der Waals surface area contributed by atoms with E-state index >= 15 is 0 Å². The van der Waals surface area contributed by atoms with Gasteiger partial charge in [0.25, 0.3) is 0 Å². The van der Waals surface area contributed by atoms with Crippen molar-refractivity contribution in [3.8, 4) is 0 Å². The molecule has 1 heterocycles. The van der Waals surface area contributed by atoms with Crippen LogP contribution in [0.3, 0.4) is 0 Å². The lowest BCUT2D eigenvalue weighted by Gasteiger charge is -2.49. The maximum Gasteiger partial charge on any atom is 0.0836 e. The highest BCUT2D eigenvalue weighted by Crippen LogP contribution is 2.41. The summed E-state index contributed by atoms with van der Waals surface area (Å²) in [5.41, 5.74) is 0.158. The Bertz CT molecular complexity index is 219. The molecular formula is C13H25NO. The Labute approximate surface area is 93.8 Å². The van der Waals surface area contributed by atoms with E-state index in [9.17, 15) is 0 Å². The van der Waals surface area contributed by atoms with Crippen molar-refractivity contribution in [3.05, 3.63) is 0 Å². The minimum Gasteiger partial charge on any atom is -0.369 e. The predicted molar refractivity (Wildman–Crippen MR) is 62.9 cm³/mol. The fourth-order valence-electron chi connectivity index (χ4n) is 3.20. The molecule has 15 heavy (non-hydrogen) atoms. The molecule has 0 aromatic heterocycles. The van der Waals surface area contributed by atoms with Gasteiger partial charge in [-0.3, -0.25) is 0 Å². The van der Waals surface area contributed by atoms with Gasteiger partial charge >= 0.3 is 0 Å². The molecule has 2 rings (SSSR count). The predicted octanol–water partition coefficient (Wildman–Crippen LogP) is 2.58. The van der Waals surface area contributed by atoms with E-state index in [1.54, 1.807) is 0 Å². The van der Waals surface area contributed by atoms with Crippen LogP contribution in [0.2, 0.25) is 0 Å². The van der Waals surface area contributed by atoms with Crippen LogP contribution in [-0.4, -0.2) is 24.8 Å². The van der Waals surface area contributed by atoms with Gasteiger partial charge in [-0.15, -0.1) is 0 Å². The van der Waals surface area contributed by atoms with Gasteiger partial charge in [0.15, 0.2) is 0 Å². The number of nitrogens with one attached hydrogen (secondary N) is 1. The monoisotopic (exact) mass is 211 g/mol. The highest BCUT2D eigenvalue weighted by molar-refractivity contribution is 4.96. The van der Waals surface area contributed by atoms with Crippen LogP contribution in [0, 0.1) is 11.8 Å². The second-order valence-corrected chi connectivity index (χ2v) is 5.62. The molecule has 0 radical (unpaired) electrons. The third-order valence-corrected chi connectivity index (χ3v) is 4.37. The van der Waals surface area contributed by atoms with Crippen LogP contribution in [0.4, 0.5) is 0 Å². The van der Waals surface area contributed by atoms with E-state index in [1.165, 1.54) is 19.3 Å². The zero-order valence-corrected chi connectivity index (χ0v) is 10.4. The van der Waals surface area contributed by atoms with Crippen molar-refractivity contribution in [1.82, 2.24) is 5.32 Å². The quantitative estimate of drug-likeness (QED) is 0.720. The van der Waals surface area contributed by atoms with Gasteiger partial charge in [-0.2, -0.15) is 0 Å². The summed E-state index contributed by atoms with van der Waals surface area (Å²) in [5, 5.41) is 3.57. The third-order valence-electron chi connectivity index (χ3n) is 4.37. The molecule has 1 saturated heterocycles. The first-order valence-electron chi connectivity index (χ1n) is 6.55. The second kappa shape index (κ2) is 4.42. The van der Waals surface area contributed by atoms with Crippen molar-refractivity contribution in [3.63, 3.8) is 0 Å². The Balaban J connectivity index is 2.04. The molecule has 1 aliphatic heterocycles. The number of morpholine rings is 1. The van der Waals surface area contributed by atoms with Crippen LogP contribution in [-0.2, 0) is 4.74 Å².